The summed E-state index contributed by atoms with van der Waals surface area (Å²) in [6.07, 6.45) is 1.62. The summed E-state index contributed by atoms with van der Waals surface area (Å²) in [6.45, 7) is 16.6. The van der Waals surface area contributed by atoms with Crippen molar-refractivity contribution in [2.24, 2.45) is 5.41 Å². The first-order valence-corrected chi connectivity index (χ1v) is 13.6. The summed E-state index contributed by atoms with van der Waals surface area (Å²) in [5, 5.41) is 18.5. The largest absolute Gasteiger partial charge is 0.505 e. The number of phenols is 1. The molecule has 0 unspecified atom stereocenters. The zero-order valence-corrected chi connectivity index (χ0v) is 23.0. The fourth-order valence-electron chi connectivity index (χ4n) is 6.01. The first-order valence-electron chi connectivity index (χ1n) is 13.6. The number of phenolic OH excluding ortho intramolecular Hbond substituents is 1. The van der Waals surface area contributed by atoms with E-state index in [2.05, 4.69) is 52.7 Å². The Labute approximate surface area is 223 Å². The molecule has 0 aliphatic carbocycles. The molecule has 6 rings (SSSR count). The van der Waals surface area contributed by atoms with Gasteiger partial charge in [-0.1, -0.05) is 26.8 Å². The van der Waals surface area contributed by atoms with Gasteiger partial charge in [0.1, 0.15) is 5.69 Å². The lowest BCUT2D eigenvalue weighted by molar-refractivity contribution is -0.119. The Hall–Kier alpha value is -3.23. The SMILES string of the molecule is CCc1cc(O)c(F)cc1-c1ccc2c(-c3nc4c([nH]3)CN(CCN3CC(C)(C)C3(C)C)CC4)n[nH]c2c1. The zero-order valence-electron chi connectivity index (χ0n) is 23.0. The number of nitrogens with one attached hydrogen (secondary N) is 2. The topological polar surface area (TPSA) is 84.1 Å². The molecule has 2 aliphatic heterocycles. The molecule has 0 amide bonds. The maximum Gasteiger partial charge on any atom is 0.165 e. The van der Waals surface area contributed by atoms with Gasteiger partial charge in [0.05, 0.1) is 16.9 Å². The van der Waals surface area contributed by atoms with Crippen LogP contribution in [0.4, 0.5) is 4.39 Å². The lowest BCUT2D eigenvalue weighted by Gasteiger charge is -2.62. The molecule has 0 bridgehead atoms. The Morgan fingerprint density at radius 3 is 2.66 bits per heavy atom. The Morgan fingerprint density at radius 1 is 1.11 bits per heavy atom. The number of likely N-dealkylation sites (tertiary alicyclic amines) is 1. The van der Waals surface area contributed by atoms with E-state index in [1.165, 1.54) is 17.8 Å². The number of rotatable bonds is 6. The van der Waals surface area contributed by atoms with Crippen LogP contribution in [0.25, 0.3) is 33.5 Å². The predicted molar refractivity (Wildman–Crippen MR) is 149 cm³/mol. The highest BCUT2D eigenvalue weighted by atomic mass is 19.1. The minimum Gasteiger partial charge on any atom is -0.505 e. The molecule has 38 heavy (non-hydrogen) atoms. The summed E-state index contributed by atoms with van der Waals surface area (Å²) >= 11 is 0. The van der Waals surface area contributed by atoms with Crippen LogP contribution in [-0.4, -0.2) is 66.8 Å². The van der Waals surface area contributed by atoms with Crippen molar-refractivity contribution in [2.45, 2.75) is 59.5 Å². The second-order valence-electron chi connectivity index (χ2n) is 12.0. The van der Waals surface area contributed by atoms with Gasteiger partial charge in [-0.15, -0.1) is 0 Å². The molecule has 0 atom stereocenters. The number of nitrogens with zero attached hydrogens (tertiary/aromatic N) is 4. The number of aromatic hydroxyl groups is 1. The molecule has 2 aromatic heterocycles. The summed E-state index contributed by atoms with van der Waals surface area (Å²) in [7, 11) is 0. The van der Waals surface area contributed by atoms with Crippen molar-refractivity contribution in [3.63, 3.8) is 0 Å². The second-order valence-corrected chi connectivity index (χ2v) is 12.0. The summed E-state index contributed by atoms with van der Waals surface area (Å²) < 4.78 is 14.1. The van der Waals surface area contributed by atoms with Crippen molar-refractivity contribution in [2.75, 3.05) is 26.2 Å². The van der Waals surface area contributed by atoms with Gasteiger partial charge in [0.15, 0.2) is 17.4 Å². The number of fused-ring (bicyclic) bond motifs is 2. The highest BCUT2D eigenvalue weighted by Gasteiger charge is 2.51. The van der Waals surface area contributed by atoms with Gasteiger partial charge in [0.25, 0.3) is 0 Å². The van der Waals surface area contributed by atoms with E-state index in [0.717, 1.165) is 84.0 Å². The summed E-state index contributed by atoms with van der Waals surface area (Å²) in [5.41, 5.74) is 7.12. The van der Waals surface area contributed by atoms with Gasteiger partial charge >= 0.3 is 0 Å². The number of benzene rings is 2. The molecule has 2 aliphatic rings. The smallest absolute Gasteiger partial charge is 0.165 e. The molecule has 200 valence electrons. The van der Waals surface area contributed by atoms with Crippen LogP contribution in [0.1, 0.15) is 51.6 Å². The monoisotopic (exact) mass is 516 g/mol. The summed E-state index contributed by atoms with van der Waals surface area (Å²) in [5.74, 6) is -0.147. The van der Waals surface area contributed by atoms with E-state index in [-0.39, 0.29) is 11.3 Å². The molecule has 4 aromatic rings. The number of aromatic amines is 2. The molecular formula is C30H37FN6O. The van der Waals surface area contributed by atoms with Crippen LogP contribution in [0.2, 0.25) is 0 Å². The molecule has 0 radical (unpaired) electrons. The van der Waals surface area contributed by atoms with Crippen LogP contribution in [0.15, 0.2) is 30.3 Å². The van der Waals surface area contributed by atoms with Gasteiger partial charge in [-0.05, 0) is 66.6 Å². The second kappa shape index (κ2) is 8.92. The van der Waals surface area contributed by atoms with E-state index >= 15 is 0 Å². The van der Waals surface area contributed by atoms with Crippen molar-refractivity contribution in [1.29, 1.82) is 0 Å². The third-order valence-corrected chi connectivity index (χ3v) is 9.28. The fourth-order valence-corrected chi connectivity index (χ4v) is 6.01. The Morgan fingerprint density at radius 2 is 1.92 bits per heavy atom. The lowest BCUT2D eigenvalue weighted by atomic mass is 9.65. The highest BCUT2D eigenvalue weighted by Crippen LogP contribution is 2.46. The van der Waals surface area contributed by atoms with E-state index in [1.807, 2.05) is 25.1 Å². The highest BCUT2D eigenvalue weighted by molar-refractivity contribution is 5.94. The predicted octanol–water partition coefficient (Wildman–Crippen LogP) is 5.51. The number of imidazole rings is 1. The Bertz CT molecular complexity index is 1520. The maximum atomic E-state index is 14.1. The molecule has 7 nitrogen and oxygen atoms in total. The van der Waals surface area contributed by atoms with Crippen molar-refractivity contribution >= 4 is 10.9 Å². The number of aromatic nitrogens is 4. The third kappa shape index (κ3) is 4.01. The van der Waals surface area contributed by atoms with Crippen LogP contribution in [0.5, 0.6) is 5.75 Å². The van der Waals surface area contributed by atoms with Gasteiger partial charge in [-0.3, -0.25) is 14.9 Å². The number of H-pyrrole nitrogens is 2. The Kier molecular flexibility index (Phi) is 5.88. The molecular weight excluding hydrogens is 479 g/mol. The molecule has 0 saturated carbocycles. The molecule has 1 saturated heterocycles. The van der Waals surface area contributed by atoms with Crippen LogP contribution >= 0.6 is 0 Å². The third-order valence-electron chi connectivity index (χ3n) is 9.28. The van der Waals surface area contributed by atoms with Crippen molar-refractivity contribution in [1.82, 2.24) is 30.0 Å². The van der Waals surface area contributed by atoms with Gasteiger partial charge in [0.2, 0.25) is 0 Å². The average molecular weight is 517 g/mol. The van der Waals surface area contributed by atoms with Gasteiger partial charge < -0.3 is 10.1 Å². The van der Waals surface area contributed by atoms with Crippen LogP contribution in [-0.2, 0) is 19.4 Å². The fraction of sp³-hybridized carbons (Fsp3) is 0.467. The average Bonchev–Trinajstić information content (AvgIpc) is 3.50. The van der Waals surface area contributed by atoms with Crippen molar-refractivity contribution < 1.29 is 9.50 Å². The van der Waals surface area contributed by atoms with E-state index in [1.54, 1.807) is 0 Å². The quantitative estimate of drug-likeness (QED) is 0.315. The number of hydrogen-bond donors (Lipinski definition) is 3. The van der Waals surface area contributed by atoms with Crippen molar-refractivity contribution in [3.8, 4) is 28.4 Å². The van der Waals surface area contributed by atoms with Crippen LogP contribution < -0.4 is 0 Å². The normalized spacial score (nSPS) is 19.0. The van der Waals surface area contributed by atoms with Gasteiger partial charge in [-0.25, -0.2) is 9.37 Å². The van der Waals surface area contributed by atoms with E-state index in [4.69, 9.17) is 4.98 Å². The standard InChI is InChI=1S/C30H37FN6O/c1-6-18-14-26(38)22(31)15-21(18)19-7-8-20-24(13-19)34-35-27(20)28-32-23-9-10-36(16-25(23)33-28)11-12-37-17-29(2,3)30(37,4)5/h7-8,13-15,38H,6,9-12,16-17H2,1-5H3,(H,32,33)(H,34,35). The first kappa shape index (κ1) is 25.1. The van der Waals surface area contributed by atoms with Gasteiger partial charge in [0, 0.05) is 50.1 Å². The minimum absolute atomic E-state index is 0.241. The molecule has 1 fully saturated rings. The maximum absolute atomic E-state index is 14.1. The molecule has 8 heteroatoms. The van der Waals surface area contributed by atoms with Crippen LogP contribution in [0, 0.1) is 11.2 Å². The molecule has 4 heterocycles. The van der Waals surface area contributed by atoms with Crippen LogP contribution in [0.3, 0.4) is 0 Å². The molecule has 3 N–H and O–H groups in total. The van der Waals surface area contributed by atoms with E-state index in [9.17, 15) is 9.50 Å². The van der Waals surface area contributed by atoms with Gasteiger partial charge in [-0.2, -0.15) is 5.10 Å². The van der Waals surface area contributed by atoms with Crippen molar-refractivity contribution in [3.05, 3.63) is 53.1 Å². The number of hydrogen-bond acceptors (Lipinski definition) is 5. The summed E-state index contributed by atoms with van der Waals surface area (Å²) in [6, 6.07) is 8.89. The minimum atomic E-state index is -0.616. The number of aryl methyl sites for hydroxylation is 1. The first-order chi connectivity index (χ1) is 18.1. The molecule has 0 spiro atoms. The van der Waals surface area contributed by atoms with E-state index in [0.29, 0.717) is 11.8 Å². The zero-order chi connectivity index (χ0) is 26.8. The summed E-state index contributed by atoms with van der Waals surface area (Å²) in [4.78, 5) is 13.6. The molecule has 2 aromatic carbocycles. The number of halogens is 1. The Balaban J connectivity index is 1.20. The van der Waals surface area contributed by atoms with E-state index < -0.39 is 5.82 Å². The lowest BCUT2D eigenvalue weighted by Crippen LogP contribution is -2.69.